The summed E-state index contributed by atoms with van der Waals surface area (Å²) in [5, 5.41) is 9.72. The van der Waals surface area contributed by atoms with Gasteiger partial charge in [-0.1, -0.05) is 12.1 Å². The molecule has 3 aromatic rings. The maximum atomic E-state index is 12.7. The van der Waals surface area contributed by atoms with E-state index in [-0.39, 0.29) is 12.7 Å². The van der Waals surface area contributed by atoms with Gasteiger partial charge in [-0.2, -0.15) is 5.10 Å². The van der Waals surface area contributed by atoms with Crippen LogP contribution in [0.4, 0.5) is 5.69 Å². The minimum Gasteiger partial charge on any atom is -0.495 e. The van der Waals surface area contributed by atoms with E-state index >= 15 is 0 Å². The first-order chi connectivity index (χ1) is 12.3. The van der Waals surface area contributed by atoms with Crippen LogP contribution in [0.25, 0.3) is 11.3 Å². The molecule has 0 aliphatic carbocycles. The Hall–Kier alpha value is -3.48. The van der Waals surface area contributed by atoms with Crippen LogP contribution in [0.1, 0.15) is 10.4 Å². The number of ether oxygens (including phenoxy) is 3. The van der Waals surface area contributed by atoms with Gasteiger partial charge in [0.2, 0.25) is 6.79 Å². The average molecular weight is 337 g/mol. The van der Waals surface area contributed by atoms with Gasteiger partial charge < -0.3 is 19.5 Å². The molecule has 2 heterocycles. The lowest BCUT2D eigenvalue weighted by molar-refractivity contribution is 0.102. The van der Waals surface area contributed by atoms with Crippen LogP contribution in [0.2, 0.25) is 0 Å². The van der Waals surface area contributed by atoms with Gasteiger partial charge in [-0.3, -0.25) is 9.89 Å². The first-order valence-electron chi connectivity index (χ1n) is 7.64. The molecule has 4 rings (SSSR count). The fraction of sp³-hybridized carbons (Fsp3) is 0.111. The summed E-state index contributed by atoms with van der Waals surface area (Å²) in [6, 6.07) is 12.7. The van der Waals surface area contributed by atoms with Crippen LogP contribution in [-0.4, -0.2) is 30.0 Å². The Labute approximate surface area is 143 Å². The smallest absolute Gasteiger partial charge is 0.259 e. The van der Waals surface area contributed by atoms with Crippen molar-refractivity contribution in [2.24, 2.45) is 0 Å². The number of nitrogens with zero attached hydrogens (tertiary/aromatic N) is 1. The van der Waals surface area contributed by atoms with Crippen molar-refractivity contribution in [2.45, 2.75) is 0 Å². The summed E-state index contributed by atoms with van der Waals surface area (Å²) in [7, 11) is 1.56. The summed E-state index contributed by atoms with van der Waals surface area (Å²) in [6.45, 7) is 0.197. The van der Waals surface area contributed by atoms with Crippen molar-refractivity contribution in [1.82, 2.24) is 10.2 Å². The SMILES string of the molecule is COc1ccccc1NC(=O)c1cn[nH]c1-c1ccc2c(c1)OCO2. The number of anilines is 1. The Kier molecular flexibility index (Phi) is 3.74. The van der Waals surface area contributed by atoms with Crippen molar-refractivity contribution in [3.63, 3.8) is 0 Å². The zero-order chi connectivity index (χ0) is 17.2. The molecule has 2 N–H and O–H groups in total. The van der Waals surface area contributed by atoms with E-state index in [0.29, 0.717) is 34.2 Å². The van der Waals surface area contributed by atoms with Crippen molar-refractivity contribution < 1.29 is 19.0 Å². The van der Waals surface area contributed by atoms with Gasteiger partial charge in [0, 0.05) is 5.56 Å². The fourth-order valence-electron chi connectivity index (χ4n) is 2.67. The number of benzene rings is 2. The number of nitrogens with one attached hydrogen (secondary N) is 2. The predicted octanol–water partition coefficient (Wildman–Crippen LogP) is 3.07. The molecule has 25 heavy (non-hydrogen) atoms. The predicted molar refractivity (Wildman–Crippen MR) is 91.1 cm³/mol. The van der Waals surface area contributed by atoms with E-state index in [4.69, 9.17) is 14.2 Å². The Morgan fingerprint density at radius 3 is 2.92 bits per heavy atom. The minimum atomic E-state index is -0.286. The van der Waals surface area contributed by atoms with Gasteiger partial charge in [0.15, 0.2) is 11.5 Å². The van der Waals surface area contributed by atoms with Crippen LogP contribution in [0.15, 0.2) is 48.7 Å². The van der Waals surface area contributed by atoms with E-state index in [1.54, 1.807) is 25.3 Å². The summed E-state index contributed by atoms with van der Waals surface area (Å²) in [6.07, 6.45) is 1.49. The number of carbonyl (C=O) groups is 1. The van der Waals surface area contributed by atoms with Crippen molar-refractivity contribution in [1.29, 1.82) is 0 Å². The fourth-order valence-corrected chi connectivity index (χ4v) is 2.67. The molecule has 0 bridgehead atoms. The number of methoxy groups -OCH3 is 1. The lowest BCUT2D eigenvalue weighted by Crippen LogP contribution is -2.13. The summed E-state index contributed by atoms with van der Waals surface area (Å²) in [5.74, 6) is 1.63. The van der Waals surface area contributed by atoms with Gasteiger partial charge in [0.1, 0.15) is 5.75 Å². The standard InChI is InChI=1S/C18H15N3O4/c1-23-14-5-3-2-4-13(14)20-18(22)12-9-19-21-17(12)11-6-7-15-16(8-11)25-10-24-15/h2-9H,10H2,1H3,(H,19,21)(H,20,22). The molecule has 1 amide bonds. The van der Waals surface area contributed by atoms with Gasteiger partial charge >= 0.3 is 0 Å². The summed E-state index contributed by atoms with van der Waals surface area (Å²) >= 11 is 0. The Balaban J connectivity index is 1.64. The monoisotopic (exact) mass is 337 g/mol. The Bertz CT molecular complexity index is 936. The van der Waals surface area contributed by atoms with Gasteiger partial charge in [0.25, 0.3) is 5.91 Å². The summed E-state index contributed by atoms with van der Waals surface area (Å²) < 4.78 is 16.0. The zero-order valence-corrected chi connectivity index (χ0v) is 13.4. The normalized spacial score (nSPS) is 12.0. The largest absolute Gasteiger partial charge is 0.495 e. The molecule has 1 aromatic heterocycles. The first-order valence-corrected chi connectivity index (χ1v) is 7.64. The third-order valence-electron chi connectivity index (χ3n) is 3.90. The van der Waals surface area contributed by atoms with E-state index in [0.717, 1.165) is 5.56 Å². The maximum Gasteiger partial charge on any atom is 0.259 e. The van der Waals surface area contributed by atoms with E-state index < -0.39 is 0 Å². The van der Waals surface area contributed by atoms with Crippen LogP contribution >= 0.6 is 0 Å². The van der Waals surface area contributed by atoms with Crippen LogP contribution in [0.5, 0.6) is 17.2 Å². The molecule has 0 saturated carbocycles. The number of amides is 1. The Morgan fingerprint density at radius 2 is 2.04 bits per heavy atom. The highest BCUT2D eigenvalue weighted by Crippen LogP contribution is 2.36. The number of para-hydroxylation sites is 2. The molecule has 0 fully saturated rings. The van der Waals surface area contributed by atoms with Gasteiger partial charge in [-0.25, -0.2) is 0 Å². The molecule has 0 saturated heterocycles. The van der Waals surface area contributed by atoms with Crippen LogP contribution < -0.4 is 19.5 Å². The number of carbonyl (C=O) groups excluding carboxylic acids is 1. The minimum absolute atomic E-state index is 0.197. The zero-order valence-electron chi connectivity index (χ0n) is 13.4. The van der Waals surface area contributed by atoms with Crippen LogP contribution in [0.3, 0.4) is 0 Å². The highest BCUT2D eigenvalue weighted by Gasteiger charge is 2.20. The molecule has 0 atom stereocenters. The molecule has 0 unspecified atom stereocenters. The van der Waals surface area contributed by atoms with E-state index in [2.05, 4.69) is 15.5 Å². The second-order valence-electron chi connectivity index (χ2n) is 5.38. The number of aromatic nitrogens is 2. The highest BCUT2D eigenvalue weighted by molar-refractivity contribution is 6.08. The quantitative estimate of drug-likeness (QED) is 0.764. The van der Waals surface area contributed by atoms with Crippen LogP contribution in [0, 0.1) is 0 Å². The molecule has 1 aliphatic rings. The lowest BCUT2D eigenvalue weighted by Gasteiger charge is -2.10. The van der Waals surface area contributed by atoms with Gasteiger partial charge in [-0.15, -0.1) is 0 Å². The van der Waals surface area contributed by atoms with Gasteiger partial charge in [0.05, 0.1) is 30.3 Å². The Morgan fingerprint density at radius 1 is 1.20 bits per heavy atom. The van der Waals surface area contributed by atoms with Gasteiger partial charge in [-0.05, 0) is 30.3 Å². The summed E-state index contributed by atoms with van der Waals surface area (Å²) in [4.78, 5) is 12.7. The number of fused-ring (bicyclic) bond motifs is 1. The van der Waals surface area contributed by atoms with Crippen LogP contribution in [-0.2, 0) is 0 Å². The number of H-pyrrole nitrogens is 1. The third-order valence-corrected chi connectivity index (χ3v) is 3.90. The van der Waals surface area contributed by atoms with Crippen molar-refractivity contribution in [2.75, 3.05) is 19.2 Å². The second-order valence-corrected chi connectivity index (χ2v) is 5.38. The molecule has 7 heteroatoms. The molecule has 0 spiro atoms. The molecular formula is C18H15N3O4. The number of hydrogen-bond acceptors (Lipinski definition) is 5. The molecule has 1 aliphatic heterocycles. The van der Waals surface area contributed by atoms with Crippen molar-refractivity contribution >= 4 is 11.6 Å². The number of hydrogen-bond donors (Lipinski definition) is 2. The third kappa shape index (κ3) is 2.76. The number of rotatable bonds is 4. The topological polar surface area (TPSA) is 85.5 Å². The van der Waals surface area contributed by atoms with E-state index in [1.165, 1.54) is 6.20 Å². The molecular weight excluding hydrogens is 322 g/mol. The van der Waals surface area contributed by atoms with E-state index in [1.807, 2.05) is 24.3 Å². The molecule has 126 valence electrons. The number of aromatic amines is 1. The lowest BCUT2D eigenvalue weighted by atomic mass is 10.1. The van der Waals surface area contributed by atoms with Crippen molar-refractivity contribution in [3.8, 4) is 28.5 Å². The second kappa shape index (κ2) is 6.20. The van der Waals surface area contributed by atoms with E-state index in [9.17, 15) is 4.79 Å². The van der Waals surface area contributed by atoms with Crippen molar-refractivity contribution in [3.05, 3.63) is 54.2 Å². The molecule has 7 nitrogen and oxygen atoms in total. The first kappa shape index (κ1) is 15.1. The average Bonchev–Trinajstić information content (AvgIpc) is 3.30. The maximum absolute atomic E-state index is 12.7. The highest BCUT2D eigenvalue weighted by atomic mass is 16.7. The molecule has 0 radical (unpaired) electrons. The summed E-state index contributed by atoms with van der Waals surface area (Å²) in [5.41, 5.74) is 2.40. The molecule has 2 aromatic carbocycles.